The van der Waals surface area contributed by atoms with Crippen molar-refractivity contribution in [1.29, 1.82) is 0 Å². The van der Waals surface area contributed by atoms with Crippen molar-refractivity contribution in [3.8, 4) is 5.69 Å². The minimum atomic E-state index is -0.953. The number of aromatic nitrogens is 2. The van der Waals surface area contributed by atoms with E-state index < -0.39 is 5.97 Å². The number of benzene rings is 2. The molecule has 0 aliphatic heterocycles. The zero-order valence-corrected chi connectivity index (χ0v) is 15.8. The molecule has 0 unspecified atom stereocenters. The van der Waals surface area contributed by atoms with E-state index in [2.05, 4.69) is 44.3 Å². The van der Waals surface area contributed by atoms with Gasteiger partial charge in [0.2, 0.25) is 0 Å². The van der Waals surface area contributed by atoms with Crippen molar-refractivity contribution >= 4 is 17.5 Å². The van der Waals surface area contributed by atoms with Gasteiger partial charge in [-0.2, -0.15) is 5.10 Å². The molecule has 5 heteroatoms. The second-order valence-corrected chi connectivity index (χ2v) is 7.60. The van der Waals surface area contributed by atoms with Crippen molar-refractivity contribution in [2.75, 3.05) is 5.32 Å². The summed E-state index contributed by atoms with van der Waals surface area (Å²) < 4.78 is 1.92. The summed E-state index contributed by atoms with van der Waals surface area (Å²) in [5.41, 5.74) is 5.24. The Labute approximate surface area is 158 Å². The number of hydrogen-bond donors (Lipinski definition) is 2. The number of aromatic carboxylic acids is 1. The van der Waals surface area contributed by atoms with Gasteiger partial charge in [0, 0.05) is 11.5 Å². The molecule has 2 aromatic carbocycles. The van der Waals surface area contributed by atoms with E-state index in [-0.39, 0.29) is 11.0 Å². The summed E-state index contributed by atoms with van der Waals surface area (Å²) in [5.74, 6) is -0.171. The molecule has 0 spiro atoms. The lowest BCUT2D eigenvalue weighted by atomic mass is 10.1. The fourth-order valence-electron chi connectivity index (χ4n) is 3.44. The van der Waals surface area contributed by atoms with Crippen molar-refractivity contribution < 1.29 is 9.90 Å². The lowest BCUT2D eigenvalue weighted by Crippen LogP contribution is -2.09. The summed E-state index contributed by atoms with van der Waals surface area (Å²) in [4.78, 5) is 11.6. The van der Waals surface area contributed by atoms with E-state index in [0.29, 0.717) is 5.69 Å². The molecule has 3 aromatic rings. The Balaban J connectivity index is 1.86. The lowest BCUT2D eigenvalue weighted by molar-refractivity contribution is 0.0698. The van der Waals surface area contributed by atoms with Gasteiger partial charge in [-0.1, -0.05) is 37.3 Å². The third-order valence-corrected chi connectivity index (χ3v) is 5.40. The van der Waals surface area contributed by atoms with Crippen molar-refractivity contribution in [3.63, 3.8) is 0 Å². The van der Waals surface area contributed by atoms with Gasteiger partial charge < -0.3 is 10.4 Å². The Bertz CT molecular complexity index is 1010. The number of para-hydroxylation sites is 2. The highest BCUT2D eigenvalue weighted by atomic mass is 16.4. The molecule has 1 saturated carbocycles. The molecule has 0 amide bonds. The van der Waals surface area contributed by atoms with Crippen LogP contribution < -0.4 is 5.32 Å². The van der Waals surface area contributed by atoms with Crippen LogP contribution in [-0.4, -0.2) is 20.9 Å². The lowest BCUT2D eigenvalue weighted by Gasteiger charge is -2.15. The quantitative estimate of drug-likeness (QED) is 0.672. The van der Waals surface area contributed by atoms with E-state index in [0.717, 1.165) is 41.2 Å². The third kappa shape index (κ3) is 3.10. The third-order valence-electron chi connectivity index (χ3n) is 5.40. The second kappa shape index (κ2) is 6.27. The largest absolute Gasteiger partial charge is 0.478 e. The standard InChI is InChI=1S/C22H23N3O2/c1-14-7-6-8-15(2)20(14)25-19(13-18(24-25)22(3)11-12-22)23-17-10-5-4-9-16(17)21(26)27/h4-10,13,23H,11-12H2,1-3H3,(H,26,27). The van der Waals surface area contributed by atoms with Gasteiger partial charge in [0.1, 0.15) is 5.82 Å². The maximum atomic E-state index is 11.6. The first-order valence-corrected chi connectivity index (χ1v) is 9.15. The minimum Gasteiger partial charge on any atom is -0.478 e. The predicted molar refractivity (Wildman–Crippen MR) is 106 cm³/mol. The molecule has 0 saturated heterocycles. The van der Waals surface area contributed by atoms with Crippen LogP contribution in [0, 0.1) is 13.8 Å². The second-order valence-electron chi connectivity index (χ2n) is 7.60. The Morgan fingerprint density at radius 3 is 2.41 bits per heavy atom. The van der Waals surface area contributed by atoms with Crippen LogP contribution in [0.25, 0.3) is 5.69 Å². The Kier molecular flexibility index (Phi) is 4.02. The molecule has 1 fully saturated rings. The van der Waals surface area contributed by atoms with Crippen LogP contribution in [0.4, 0.5) is 11.5 Å². The molecule has 1 aromatic heterocycles. The van der Waals surface area contributed by atoms with Gasteiger partial charge in [-0.05, 0) is 49.9 Å². The first-order valence-electron chi connectivity index (χ1n) is 9.15. The monoisotopic (exact) mass is 361 g/mol. The summed E-state index contributed by atoms with van der Waals surface area (Å²) in [7, 11) is 0. The fourth-order valence-corrected chi connectivity index (χ4v) is 3.44. The van der Waals surface area contributed by atoms with Gasteiger partial charge >= 0.3 is 5.97 Å². The molecule has 5 nitrogen and oxygen atoms in total. The molecule has 138 valence electrons. The number of aryl methyl sites for hydroxylation is 2. The number of anilines is 2. The molecule has 1 heterocycles. The summed E-state index contributed by atoms with van der Waals surface area (Å²) in [6, 6.07) is 15.2. The number of carboxylic acid groups (broad SMARTS) is 1. The van der Waals surface area contributed by atoms with Crippen molar-refractivity contribution in [2.45, 2.75) is 39.0 Å². The highest BCUT2D eigenvalue weighted by Crippen LogP contribution is 2.48. The van der Waals surface area contributed by atoms with E-state index in [9.17, 15) is 9.90 Å². The molecule has 0 bridgehead atoms. The fraction of sp³-hybridized carbons (Fsp3) is 0.273. The Morgan fingerprint density at radius 1 is 1.11 bits per heavy atom. The van der Waals surface area contributed by atoms with Crippen molar-refractivity contribution in [2.24, 2.45) is 0 Å². The van der Waals surface area contributed by atoms with E-state index in [4.69, 9.17) is 5.10 Å². The van der Waals surface area contributed by atoms with E-state index >= 15 is 0 Å². The van der Waals surface area contributed by atoms with Crippen LogP contribution in [0.3, 0.4) is 0 Å². The zero-order valence-electron chi connectivity index (χ0n) is 15.8. The molecule has 0 atom stereocenters. The summed E-state index contributed by atoms with van der Waals surface area (Å²) in [6.07, 6.45) is 2.25. The summed E-state index contributed by atoms with van der Waals surface area (Å²) >= 11 is 0. The number of rotatable bonds is 5. The van der Waals surface area contributed by atoms with Gasteiger partial charge in [-0.15, -0.1) is 0 Å². The number of carbonyl (C=O) groups is 1. The van der Waals surface area contributed by atoms with Crippen molar-refractivity contribution in [3.05, 3.63) is 70.9 Å². The van der Waals surface area contributed by atoms with Crippen LogP contribution in [0.15, 0.2) is 48.5 Å². The van der Waals surface area contributed by atoms with Crippen LogP contribution in [0.2, 0.25) is 0 Å². The average molecular weight is 361 g/mol. The molecular weight excluding hydrogens is 338 g/mol. The van der Waals surface area contributed by atoms with Crippen LogP contribution in [-0.2, 0) is 5.41 Å². The highest BCUT2D eigenvalue weighted by Gasteiger charge is 2.42. The van der Waals surface area contributed by atoms with Gasteiger partial charge in [0.25, 0.3) is 0 Å². The van der Waals surface area contributed by atoms with E-state index in [1.807, 2.05) is 16.8 Å². The van der Waals surface area contributed by atoms with E-state index in [1.54, 1.807) is 18.2 Å². The molecule has 0 radical (unpaired) electrons. The van der Waals surface area contributed by atoms with Gasteiger partial charge in [-0.3, -0.25) is 0 Å². The first kappa shape index (κ1) is 17.3. The summed E-state index contributed by atoms with van der Waals surface area (Å²) in [6.45, 7) is 6.36. The normalized spacial score (nSPS) is 14.8. The zero-order chi connectivity index (χ0) is 19.2. The highest BCUT2D eigenvalue weighted by molar-refractivity contribution is 5.95. The summed E-state index contributed by atoms with van der Waals surface area (Å²) in [5, 5.41) is 17.7. The van der Waals surface area contributed by atoms with Crippen molar-refractivity contribution in [1.82, 2.24) is 9.78 Å². The Morgan fingerprint density at radius 2 is 1.78 bits per heavy atom. The van der Waals surface area contributed by atoms with Crippen LogP contribution >= 0.6 is 0 Å². The molecule has 1 aliphatic carbocycles. The molecule has 1 aliphatic rings. The molecule has 4 rings (SSSR count). The maximum absolute atomic E-state index is 11.6. The average Bonchev–Trinajstić information content (AvgIpc) is 3.24. The SMILES string of the molecule is Cc1cccc(C)c1-n1nc(C2(C)CC2)cc1Nc1ccccc1C(=O)O. The number of nitrogens with zero attached hydrogens (tertiary/aromatic N) is 2. The maximum Gasteiger partial charge on any atom is 0.337 e. The van der Waals surface area contributed by atoms with Gasteiger partial charge in [0.05, 0.1) is 22.6 Å². The van der Waals surface area contributed by atoms with Crippen LogP contribution in [0.5, 0.6) is 0 Å². The van der Waals surface area contributed by atoms with Gasteiger partial charge in [0.15, 0.2) is 0 Å². The van der Waals surface area contributed by atoms with Gasteiger partial charge in [-0.25, -0.2) is 9.48 Å². The molecule has 2 N–H and O–H groups in total. The smallest absolute Gasteiger partial charge is 0.337 e. The Hall–Kier alpha value is -3.08. The molecular formula is C22H23N3O2. The first-order chi connectivity index (χ1) is 12.9. The minimum absolute atomic E-state index is 0.116. The van der Waals surface area contributed by atoms with E-state index in [1.165, 1.54) is 0 Å². The molecule has 27 heavy (non-hydrogen) atoms. The number of nitrogens with one attached hydrogen (secondary N) is 1. The van der Waals surface area contributed by atoms with Crippen LogP contribution in [0.1, 0.15) is 46.9 Å². The predicted octanol–water partition coefficient (Wildman–Crippen LogP) is 4.98. The number of hydrogen-bond acceptors (Lipinski definition) is 3. The number of carboxylic acids is 1. The topological polar surface area (TPSA) is 67.2 Å².